The first-order valence-electron chi connectivity index (χ1n) is 11.5. The number of carbonyl (C=O) groups is 3. The summed E-state index contributed by atoms with van der Waals surface area (Å²) in [5, 5.41) is 0.612. The molecule has 36 heavy (non-hydrogen) atoms. The van der Waals surface area contributed by atoms with E-state index in [1.54, 1.807) is 43.5 Å². The lowest BCUT2D eigenvalue weighted by Crippen LogP contribution is -2.44. The van der Waals surface area contributed by atoms with Crippen molar-refractivity contribution in [2.45, 2.75) is 12.1 Å². The summed E-state index contributed by atoms with van der Waals surface area (Å²) in [5.74, 6) is -2.05. The number of ketones is 1. The number of amides is 2. The van der Waals surface area contributed by atoms with Gasteiger partial charge in [0.05, 0.1) is 35.7 Å². The molecule has 6 rings (SSSR count). The summed E-state index contributed by atoms with van der Waals surface area (Å²) in [7, 11) is 1.55. The van der Waals surface area contributed by atoms with E-state index in [2.05, 4.69) is 0 Å². The second-order valence-electron chi connectivity index (χ2n) is 9.03. The van der Waals surface area contributed by atoms with E-state index in [-0.39, 0.29) is 22.3 Å². The van der Waals surface area contributed by atoms with Crippen molar-refractivity contribution in [3.8, 4) is 5.75 Å². The van der Waals surface area contributed by atoms with E-state index in [4.69, 9.17) is 27.9 Å². The molecule has 4 atom stereocenters. The zero-order valence-corrected chi connectivity index (χ0v) is 20.6. The first kappa shape index (κ1) is 22.8. The number of ether oxygens (including phenoxy) is 1. The van der Waals surface area contributed by atoms with Gasteiger partial charge in [0.2, 0.25) is 11.8 Å². The highest BCUT2D eigenvalue weighted by Crippen LogP contribution is 2.54. The van der Waals surface area contributed by atoms with Crippen LogP contribution in [0.15, 0.2) is 72.9 Å². The van der Waals surface area contributed by atoms with Gasteiger partial charge in [0.15, 0.2) is 5.78 Å². The van der Waals surface area contributed by atoms with Crippen LogP contribution in [0.5, 0.6) is 5.75 Å². The molecule has 8 heteroatoms. The molecule has 0 unspecified atom stereocenters. The molecular weight excluding hydrogens is 499 g/mol. The number of nitrogens with zero attached hydrogens (tertiary/aromatic N) is 2. The number of halogens is 2. The van der Waals surface area contributed by atoms with E-state index in [1.165, 1.54) is 11.0 Å². The molecule has 2 amide bonds. The van der Waals surface area contributed by atoms with Gasteiger partial charge >= 0.3 is 0 Å². The molecular formula is C28H20Cl2N2O4. The third-order valence-corrected chi connectivity index (χ3v) is 7.81. The van der Waals surface area contributed by atoms with Gasteiger partial charge in [0.25, 0.3) is 0 Å². The number of benzene rings is 3. The number of imide groups is 1. The average molecular weight is 519 g/mol. The molecule has 0 N–H and O–H groups in total. The molecule has 3 aliphatic rings. The first-order chi connectivity index (χ1) is 17.4. The van der Waals surface area contributed by atoms with Crippen LogP contribution in [0.3, 0.4) is 0 Å². The second kappa shape index (κ2) is 8.50. The van der Waals surface area contributed by atoms with Crippen LogP contribution in [0.1, 0.15) is 27.5 Å². The Labute approximate surface area is 217 Å². The predicted molar refractivity (Wildman–Crippen MR) is 137 cm³/mol. The summed E-state index contributed by atoms with van der Waals surface area (Å²) < 4.78 is 5.22. The van der Waals surface area contributed by atoms with Gasteiger partial charge in [-0.25, -0.2) is 4.90 Å². The molecule has 0 radical (unpaired) electrons. The maximum Gasteiger partial charge on any atom is 0.240 e. The van der Waals surface area contributed by atoms with Crippen LogP contribution < -0.4 is 9.64 Å². The van der Waals surface area contributed by atoms with Crippen LogP contribution in [0.25, 0.3) is 6.08 Å². The Balaban J connectivity index is 1.49. The number of Topliss-reactive ketones (excluding diaryl/α,β-unsaturated/α-hetero) is 1. The van der Waals surface area contributed by atoms with Crippen LogP contribution in [0.2, 0.25) is 10.0 Å². The molecule has 6 nitrogen and oxygen atoms in total. The highest BCUT2D eigenvalue weighted by atomic mass is 35.5. The smallest absolute Gasteiger partial charge is 0.240 e. The Morgan fingerprint density at radius 2 is 1.64 bits per heavy atom. The van der Waals surface area contributed by atoms with Gasteiger partial charge in [0, 0.05) is 16.8 Å². The average Bonchev–Trinajstić information content (AvgIpc) is 3.36. The Kier molecular flexibility index (Phi) is 5.39. The van der Waals surface area contributed by atoms with Crippen molar-refractivity contribution >= 4 is 52.6 Å². The van der Waals surface area contributed by atoms with E-state index in [1.807, 2.05) is 41.4 Å². The van der Waals surface area contributed by atoms with Gasteiger partial charge in [-0.05, 0) is 59.7 Å². The SMILES string of the molecule is COc1ccc(N2C(=O)[C@@H]3[C@H](C2=O)[C@H]2c4ccccc4C=CN2[C@H]3C(=O)c2ccc(Cl)cc2Cl)cc1. The summed E-state index contributed by atoms with van der Waals surface area (Å²) in [6.07, 6.45) is 3.73. The largest absolute Gasteiger partial charge is 0.497 e. The molecule has 3 aliphatic heterocycles. The van der Waals surface area contributed by atoms with Crippen molar-refractivity contribution in [1.29, 1.82) is 0 Å². The summed E-state index contributed by atoms with van der Waals surface area (Å²) in [6, 6.07) is 17.8. The highest BCUT2D eigenvalue weighted by Gasteiger charge is 2.64. The van der Waals surface area contributed by atoms with E-state index in [0.29, 0.717) is 16.5 Å². The van der Waals surface area contributed by atoms with Gasteiger partial charge < -0.3 is 9.64 Å². The molecule has 3 aromatic rings. The molecule has 180 valence electrons. The van der Waals surface area contributed by atoms with E-state index in [0.717, 1.165) is 11.1 Å². The maximum atomic E-state index is 14.0. The molecule has 0 aliphatic carbocycles. The van der Waals surface area contributed by atoms with Gasteiger partial charge in [-0.15, -0.1) is 0 Å². The van der Waals surface area contributed by atoms with Crippen molar-refractivity contribution < 1.29 is 19.1 Å². The van der Waals surface area contributed by atoms with Crippen molar-refractivity contribution in [2.75, 3.05) is 12.0 Å². The third-order valence-electron chi connectivity index (χ3n) is 7.26. The molecule has 2 saturated heterocycles. The van der Waals surface area contributed by atoms with Crippen LogP contribution in [-0.4, -0.2) is 35.6 Å². The molecule has 3 aromatic carbocycles. The monoisotopic (exact) mass is 518 g/mol. The van der Waals surface area contributed by atoms with Crippen LogP contribution in [0, 0.1) is 11.8 Å². The van der Waals surface area contributed by atoms with Gasteiger partial charge in [0.1, 0.15) is 11.8 Å². The molecule has 3 heterocycles. The van der Waals surface area contributed by atoms with Crippen molar-refractivity contribution in [3.63, 3.8) is 0 Å². The van der Waals surface area contributed by atoms with E-state index >= 15 is 0 Å². The van der Waals surface area contributed by atoms with Crippen LogP contribution >= 0.6 is 23.2 Å². The zero-order valence-electron chi connectivity index (χ0n) is 19.1. The molecule has 0 bridgehead atoms. The summed E-state index contributed by atoms with van der Waals surface area (Å²) >= 11 is 12.5. The Morgan fingerprint density at radius 3 is 2.36 bits per heavy atom. The number of rotatable bonds is 4. The number of anilines is 1. The lowest BCUT2D eigenvalue weighted by atomic mass is 9.83. The molecule has 0 spiro atoms. The minimum atomic E-state index is -0.900. The Hall–Kier alpha value is -3.61. The van der Waals surface area contributed by atoms with Crippen molar-refractivity contribution in [3.05, 3.63) is 99.7 Å². The summed E-state index contributed by atoms with van der Waals surface area (Å²) in [5.41, 5.74) is 2.58. The van der Waals surface area contributed by atoms with Crippen molar-refractivity contribution in [1.82, 2.24) is 4.90 Å². The fraction of sp³-hybridized carbons (Fsp3) is 0.179. The van der Waals surface area contributed by atoms with Crippen LogP contribution in [0.4, 0.5) is 5.69 Å². The van der Waals surface area contributed by atoms with Gasteiger partial charge in [-0.2, -0.15) is 0 Å². The predicted octanol–water partition coefficient (Wildman–Crippen LogP) is 5.40. The number of hydrogen-bond acceptors (Lipinski definition) is 5. The quantitative estimate of drug-likeness (QED) is 0.341. The number of hydrogen-bond donors (Lipinski definition) is 0. The summed E-state index contributed by atoms with van der Waals surface area (Å²) in [4.78, 5) is 44.8. The molecule has 0 aromatic heterocycles. The minimum absolute atomic E-state index is 0.206. The third kappa shape index (κ3) is 3.29. The normalized spacial score (nSPS) is 24.0. The number of carbonyl (C=O) groups excluding carboxylic acids is 3. The van der Waals surface area contributed by atoms with Crippen LogP contribution in [-0.2, 0) is 9.59 Å². The number of fused-ring (bicyclic) bond motifs is 5. The fourth-order valence-corrected chi connectivity index (χ4v) is 6.19. The van der Waals surface area contributed by atoms with E-state index < -0.39 is 29.8 Å². The standard InChI is InChI=1S/C28H20Cl2N2O4/c1-36-18-9-7-17(8-10-18)32-27(34)22-23(28(32)35)25(26(33)20-11-6-16(29)14-21(20)30)31-13-12-15-4-2-3-5-19(15)24(22)31/h2-14,22-25H,1H3/t22-,23+,24+,25+/m0/s1. The first-order valence-corrected chi connectivity index (χ1v) is 12.2. The maximum absolute atomic E-state index is 14.0. The summed E-state index contributed by atoms with van der Waals surface area (Å²) in [6.45, 7) is 0. The number of methoxy groups -OCH3 is 1. The zero-order chi connectivity index (χ0) is 25.1. The van der Waals surface area contributed by atoms with Gasteiger partial charge in [-0.1, -0.05) is 47.5 Å². The minimum Gasteiger partial charge on any atom is -0.497 e. The lowest BCUT2D eigenvalue weighted by molar-refractivity contribution is -0.123. The second-order valence-corrected chi connectivity index (χ2v) is 9.88. The van der Waals surface area contributed by atoms with E-state index in [9.17, 15) is 14.4 Å². The lowest BCUT2D eigenvalue weighted by Gasteiger charge is -2.35. The topological polar surface area (TPSA) is 66.9 Å². The van der Waals surface area contributed by atoms with Gasteiger partial charge in [-0.3, -0.25) is 14.4 Å². The Morgan fingerprint density at radius 1 is 0.917 bits per heavy atom. The Bertz CT molecular complexity index is 1450. The highest BCUT2D eigenvalue weighted by molar-refractivity contribution is 6.37. The fourth-order valence-electron chi connectivity index (χ4n) is 5.69. The van der Waals surface area contributed by atoms with Crippen molar-refractivity contribution in [2.24, 2.45) is 11.8 Å². The molecule has 0 saturated carbocycles. The molecule has 2 fully saturated rings.